The molecule has 0 aromatic heterocycles. The van der Waals surface area contributed by atoms with Gasteiger partial charge in [-0.15, -0.1) is 0 Å². The van der Waals surface area contributed by atoms with E-state index in [9.17, 15) is 20.1 Å². The molecule has 0 aliphatic heterocycles. The number of benzene rings is 2. The van der Waals surface area contributed by atoms with E-state index in [0.29, 0.717) is 24.1 Å². The molecular formula is C23H32N2O4. The van der Waals surface area contributed by atoms with E-state index in [-0.39, 0.29) is 30.3 Å². The Kier molecular flexibility index (Phi) is 8.64. The number of aromatic hydroxyl groups is 1. The van der Waals surface area contributed by atoms with E-state index in [2.05, 4.69) is 10.6 Å². The van der Waals surface area contributed by atoms with Crippen LogP contribution in [0.15, 0.2) is 42.5 Å². The topological polar surface area (TPSA) is 102 Å². The third-order valence-electron chi connectivity index (χ3n) is 4.67. The molecule has 29 heavy (non-hydrogen) atoms. The van der Waals surface area contributed by atoms with Gasteiger partial charge in [0.05, 0.1) is 19.1 Å². The lowest BCUT2D eigenvalue weighted by atomic mass is 10.0. The van der Waals surface area contributed by atoms with Crippen LogP contribution in [0.4, 0.5) is 0 Å². The molecule has 0 aliphatic carbocycles. The molecule has 0 radical (unpaired) electrons. The Labute approximate surface area is 172 Å². The molecule has 0 unspecified atom stereocenters. The Morgan fingerprint density at radius 1 is 1.07 bits per heavy atom. The van der Waals surface area contributed by atoms with Gasteiger partial charge < -0.3 is 26.0 Å². The Hall–Kier alpha value is -2.41. The molecule has 0 saturated heterocycles. The third-order valence-corrected chi connectivity index (χ3v) is 4.67. The predicted octanol–water partition coefficient (Wildman–Crippen LogP) is 2.21. The van der Waals surface area contributed by atoms with Gasteiger partial charge in [-0.2, -0.15) is 0 Å². The van der Waals surface area contributed by atoms with Gasteiger partial charge in [-0.3, -0.25) is 4.79 Å². The standard InChI is InChI=1S/C23H32N2O4/c1-15(2)25-23(29)11-18-6-4-5-17(10-18)9-16(3)24-13-22(28)19-7-8-21(27)20(12-19)14-26/h4-8,10,12,15-16,22,24,26-28H,9,11,13-14H2,1-3H3,(H,25,29)/t16-,22-/m1/s1. The maximum Gasteiger partial charge on any atom is 0.224 e. The summed E-state index contributed by atoms with van der Waals surface area (Å²) in [7, 11) is 0. The molecule has 0 bridgehead atoms. The second-order valence-electron chi connectivity index (χ2n) is 7.79. The van der Waals surface area contributed by atoms with Gasteiger partial charge in [0.25, 0.3) is 0 Å². The number of aliphatic hydroxyl groups is 2. The highest BCUT2D eigenvalue weighted by atomic mass is 16.3. The molecule has 0 fully saturated rings. The van der Waals surface area contributed by atoms with Crippen LogP contribution < -0.4 is 10.6 Å². The summed E-state index contributed by atoms with van der Waals surface area (Å²) in [5.41, 5.74) is 3.15. The molecule has 0 spiro atoms. The number of amides is 1. The number of hydrogen-bond donors (Lipinski definition) is 5. The van der Waals surface area contributed by atoms with Crippen LogP contribution in [0, 0.1) is 0 Å². The van der Waals surface area contributed by atoms with Crippen LogP contribution in [0.25, 0.3) is 0 Å². The number of phenols is 1. The third kappa shape index (κ3) is 7.49. The van der Waals surface area contributed by atoms with E-state index in [1.165, 1.54) is 6.07 Å². The quantitative estimate of drug-likeness (QED) is 0.421. The van der Waals surface area contributed by atoms with Crippen LogP contribution >= 0.6 is 0 Å². The second kappa shape index (κ2) is 11.0. The van der Waals surface area contributed by atoms with Crippen LogP contribution in [-0.2, 0) is 24.2 Å². The van der Waals surface area contributed by atoms with E-state index in [0.717, 1.165) is 17.5 Å². The maximum atomic E-state index is 12.0. The average molecular weight is 401 g/mol. The summed E-state index contributed by atoms with van der Waals surface area (Å²) in [6.07, 6.45) is 0.388. The molecule has 0 aliphatic rings. The smallest absolute Gasteiger partial charge is 0.224 e. The van der Waals surface area contributed by atoms with Crippen LogP contribution in [0.5, 0.6) is 5.75 Å². The number of aliphatic hydroxyl groups excluding tert-OH is 2. The lowest BCUT2D eigenvalue weighted by Crippen LogP contribution is -2.32. The van der Waals surface area contributed by atoms with Gasteiger partial charge in [-0.25, -0.2) is 0 Å². The fourth-order valence-corrected chi connectivity index (χ4v) is 3.22. The molecule has 2 aromatic rings. The van der Waals surface area contributed by atoms with Crippen molar-refractivity contribution in [2.24, 2.45) is 0 Å². The summed E-state index contributed by atoms with van der Waals surface area (Å²) in [5, 5.41) is 35.5. The van der Waals surface area contributed by atoms with Crippen LogP contribution in [0.3, 0.4) is 0 Å². The Morgan fingerprint density at radius 3 is 2.48 bits per heavy atom. The summed E-state index contributed by atoms with van der Waals surface area (Å²) in [6, 6.07) is 13.0. The maximum absolute atomic E-state index is 12.0. The molecule has 2 aromatic carbocycles. The van der Waals surface area contributed by atoms with Gasteiger partial charge in [0.15, 0.2) is 0 Å². The molecule has 0 heterocycles. The van der Waals surface area contributed by atoms with E-state index < -0.39 is 6.10 Å². The first-order valence-electron chi connectivity index (χ1n) is 9.99. The lowest BCUT2D eigenvalue weighted by Gasteiger charge is -2.18. The molecule has 0 saturated carbocycles. The van der Waals surface area contributed by atoms with Crippen molar-refractivity contribution >= 4 is 5.91 Å². The van der Waals surface area contributed by atoms with Gasteiger partial charge in [0, 0.05) is 24.2 Å². The van der Waals surface area contributed by atoms with Crippen molar-refractivity contribution < 1.29 is 20.1 Å². The highest BCUT2D eigenvalue weighted by Gasteiger charge is 2.13. The highest BCUT2D eigenvalue weighted by Crippen LogP contribution is 2.22. The first kappa shape index (κ1) is 22.9. The first-order chi connectivity index (χ1) is 13.8. The Bertz CT molecular complexity index is 807. The normalized spacial score (nSPS) is 13.3. The van der Waals surface area contributed by atoms with Crippen molar-refractivity contribution in [3.63, 3.8) is 0 Å². The minimum absolute atomic E-state index is 0.0163. The van der Waals surface area contributed by atoms with Gasteiger partial charge in [-0.1, -0.05) is 30.3 Å². The zero-order valence-electron chi connectivity index (χ0n) is 17.4. The first-order valence-corrected chi connectivity index (χ1v) is 9.99. The number of rotatable bonds is 10. The Balaban J connectivity index is 1.88. The summed E-state index contributed by atoms with van der Waals surface area (Å²) in [6.45, 7) is 6.01. The summed E-state index contributed by atoms with van der Waals surface area (Å²) in [5.74, 6) is 0.0364. The van der Waals surface area contributed by atoms with Gasteiger partial charge in [0.1, 0.15) is 5.75 Å². The zero-order chi connectivity index (χ0) is 21.4. The van der Waals surface area contributed by atoms with Crippen molar-refractivity contribution in [1.29, 1.82) is 0 Å². The number of carbonyl (C=O) groups excluding carboxylic acids is 1. The summed E-state index contributed by atoms with van der Waals surface area (Å²) >= 11 is 0. The monoisotopic (exact) mass is 400 g/mol. The average Bonchev–Trinajstić information content (AvgIpc) is 2.66. The molecule has 158 valence electrons. The molecule has 5 N–H and O–H groups in total. The van der Waals surface area contributed by atoms with Crippen molar-refractivity contribution in [2.75, 3.05) is 6.54 Å². The number of hydrogen-bond acceptors (Lipinski definition) is 5. The molecular weight excluding hydrogens is 368 g/mol. The molecule has 2 rings (SSSR count). The highest BCUT2D eigenvalue weighted by molar-refractivity contribution is 5.78. The van der Waals surface area contributed by atoms with Crippen molar-refractivity contribution in [3.8, 4) is 5.75 Å². The van der Waals surface area contributed by atoms with E-state index in [1.807, 2.05) is 45.0 Å². The SMILES string of the molecule is CC(C)NC(=O)Cc1cccc(C[C@@H](C)NC[C@@H](O)c2ccc(O)c(CO)c2)c1. The van der Waals surface area contributed by atoms with Crippen molar-refractivity contribution in [1.82, 2.24) is 10.6 Å². The zero-order valence-corrected chi connectivity index (χ0v) is 17.4. The van der Waals surface area contributed by atoms with Crippen molar-refractivity contribution in [2.45, 2.75) is 58.4 Å². The predicted molar refractivity (Wildman–Crippen MR) is 114 cm³/mol. The molecule has 2 atom stereocenters. The van der Waals surface area contributed by atoms with Gasteiger partial charge in [0.2, 0.25) is 5.91 Å². The minimum Gasteiger partial charge on any atom is -0.508 e. The number of carbonyl (C=O) groups is 1. The molecule has 1 amide bonds. The fourth-order valence-electron chi connectivity index (χ4n) is 3.22. The van der Waals surface area contributed by atoms with Gasteiger partial charge in [-0.05, 0) is 56.0 Å². The van der Waals surface area contributed by atoms with Crippen LogP contribution in [0.1, 0.15) is 49.1 Å². The molecule has 6 nitrogen and oxygen atoms in total. The van der Waals surface area contributed by atoms with Crippen LogP contribution in [-0.4, -0.2) is 39.9 Å². The summed E-state index contributed by atoms with van der Waals surface area (Å²) < 4.78 is 0. The minimum atomic E-state index is -0.741. The summed E-state index contributed by atoms with van der Waals surface area (Å²) in [4.78, 5) is 12.0. The van der Waals surface area contributed by atoms with Crippen molar-refractivity contribution in [3.05, 3.63) is 64.7 Å². The van der Waals surface area contributed by atoms with E-state index in [4.69, 9.17) is 0 Å². The lowest BCUT2D eigenvalue weighted by molar-refractivity contribution is -0.120. The van der Waals surface area contributed by atoms with Crippen LogP contribution in [0.2, 0.25) is 0 Å². The van der Waals surface area contributed by atoms with Gasteiger partial charge >= 0.3 is 0 Å². The number of nitrogens with one attached hydrogen (secondary N) is 2. The van der Waals surface area contributed by atoms with E-state index in [1.54, 1.807) is 12.1 Å². The van der Waals surface area contributed by atoms with E-state index >= 15 is 0 Å². The second-order valence-corrected chi connectivity index (χ2v) is 7.79. The molecule has 6 heteroatoms. The fraction of sp³-hybridized carbons (Fsp3) is 0.435. The Morgan fingerprint density at radius 2 is 1.79 bits per heavy atom. The largest absolute Gasteiger partial charge is 0.508 e.